The van der Waals surface area contributed by atoms with E-state index in [1.807, 2.05) is 6.92 Å². The van der Waals surface area contributed by atoms with Crippen molar-refractivity contribution in [1.29, 1.82) is 0 Å². The Labute approximate surface area is 121 Å². The summed E-state index contributed by atoms with van der Waals surface area (Å²) >= 11 is 0. The number of hydrogen-bond acceptors (Lipinski definition) is 5. The molecule has 0 spiro atoms. The molecule has 0 aliphatic carbocycles. The monoisotopic (exact) mass is 287 g/mol. The van der Waals surface area contributed by atoms with Crippen molar-refractivity contribution in [2.75, 3.05) is 6.54 Å². The number of amides is 1. The highest BCUT2D eigenvalue weighted by molar-refractivity contribution is 5.93. The van der Waals surface area contributed by atoms with Crippen LogP contribution in [-0.4, -0.2) is 32.4 Å². The summed E-state index contributed by atoms with van der Waals surface area (Å²) in [5.74, 6) is 1.01. The van der Waals surface area contributed by atoms with E-state index in [1.54, 1.807) is 6.92 Å². The van der Waals surface area contributed by atoms with Crippen molar-refractivity contribution < 1.29 is 4.79 Å². The van der Waals surface area contributed by atoms with Gasteiger partial charge in [-0.2, -0.15) is 0 Å². The van der Waals surface area contributed by atoms with Crippen molar-refractivity contribution in [3.05, 3.63) is 51.7 Å². The molecular weight excluding hydrogens is 270 g/mol. The van der Waals surface area contributed by atoms with Crippen LogP contribution in [0.1, 0.15) is 34.6 Å². The number of nitrogens with one attached hydrogen (secondary N) is 2. The highest BCUT2D eigenvalue weighted by Crippen LogP contribution is 1.97. The zero-order valence-electron chi connectivity index (χ0n) is 12.0. The molecule has 7 heteroatoms. The topological polar surface area (TPSA) is 101 Å². The number of hydrogen-bond donors (Lipinski definition) is 2. The minimum atomic E-state index is -0.243. The van der Waals surface area contributed by atoms with Gasteiger partial charge in [-0.3, -0.25) is 9.59 Å². The summed E-state index contributed by atoms with van der Waals surface area (Å²) in [5, 5.41) is 2.74. The van der Waals surface area contributed by atoms with Gasteiger partial charge in [-0.05, 0) is 6.92 Å². The van der Waals surface area contributed by atoms with Gasteiger partial charge in [0.1, 0.15) is 11.6 Å². The lowest BCUT2D eigenvalue weighted by molar-refractivity contribution is 0.0953. The van der Waals surface area contributed by atoms with E-state index in [9.17, 15) is 9.59 Å². The van der Waals surface area contributed by atoms with E-state index in [0.717, 1.165) is 6.42 Å². The van der Waals surface area contributed by atoms with Crippen molar-refractivity contribution in [3.63, 3.8) is 0 Å². The number of aromatic amines is 1. The van der Waals surface area contributed by atoms with Crippen LogP contribution in [0, 0.1) is 6.92 Å². The number of H-pyrrole nitrogens is 1. The maximum atomic E-state index is 11.9. The first-order chi connectivity index (χ1) is 10.1. The number of rotatable bonds is 5. The highest BCUT2D eigenvalue weighted by atomic mass is 16.1. The molecule has 1 amide bonds. The van der Waals surface area contributed by atoms with Gasteiger partial charge in [-0.15, -0.1) is 0 Å². The third kappa shape index (κ3) is 4.20. The smallest absolute Gasteiger partial charge is 0.254 e. The number of nitrogens with zero attached hydrogens (tertiary/aromatic N) is 3. The van der Waals surface area contributed by atoms with Crippen LogP contribution < -0.4 is 10.9 Å². The van der Waals surface area contributed by atoms with Crippen molar-refractivity contribution in [2.45, 2.75) is 26.7 Å². The lowest BCUT2D eigenvalue weighted by Gasteiger charge is -2.05. The molecule has 21 heavy (non-hydrogen) atoms. The van der Waals surface area contributed by atoms with E-state index in [0.29, 0.717) is 35.9 Å². The van der Waals surface area contributed by atoms with Gasteiger partial charge in [0.05, 0.1) is 5.56 Å². The molecule has 110 valence electrons. The van der Waals surface area contributed by atoms with Gasteiger partial charge in [0.25, 0.3) is 11.5 Å². The van der Waals surface area contributed by atoms with Gasteiger partial charge in [-0.25, -0.2) is 15.0 Å². The number of carbonyl (C=O) groups excluding carboxylic acids is 1. The molecule has 0 saturated heterocycles. The summed E-state index contributed by atoms with van der Waals surface area (Å²) in [4.78, 5) is 38.2. The Kier molecular flexibility index (Phi) is 4.76. The first kappa shape index (κ1) is 14.8. The number of aryl methyl sites for hydroxylation is 2. The normalized spacial score (nSPS) is 10.4. The fourth-order valence-corrected chi connectivity index (χ4v) is 1.81. The largest absolute Gasteiger partial charge is 0.351 e. The molecule has 2 heterocycles. The Hall–Kier alpha value is -2.57. The quantitative estimate of drug-likeness (QED) is 0.829. The molecule has 0 bridgehead atoms. The third-order valence-corrected chi connectivity index (χ3v) is 2.85. The predicted molar refractivity (Wildman–Crippen MR) is 77.0 cm³/mol. The number of carbonyl (C=O) groups is 1. The molecule has 2 N–H and O–H groups in total. The van der Waals surface area contributed by atoms with E-state index in [2.05, 4.69) is 25.3 Å². The van der Waals surface area contributed by atoms with E-state index >= 15 is 0 Å². The van der Waals surface area contributed by atoms with Crippen LogP contribution in [0.5, 0.6) is 0 Å². The first-order valence-electron chi connectivity index (χ1n) is 6.74. The number of aromatic nitrogens is 4. The standard InChI is InChI=1S/C14H17N5O2/c1-3-11-16-7-10(8-17-11)14(21)15-5-4-12-18-9(2)6-13(20)19-12/h6-8H,3-5H2,1-2H3,(H,15,21)(H,18,19,20). The summed E-state index contributed by atoms with van der Waals surface area (Å²) in [6.07, 6.45) is 4.20. The summed E-state index contributed by atoms with van der Waals surface area (Å²) in [6.45, 7) is 4.08. The molecule has 2 rings (SSSR count). The van der Waals surface area contributed by atoms with Crippen molar-refractivity contribution >= 4 is 5.91 Å². The Morgan fingerprint density at radius 3 is 2.67 bits per heavy atom. The molecular formula is C14H17N5O2. The Balaban J connectivity index is 1.90. The molecule has 2 aromatic heterocycles. The van der Waals surface area contributed by atoms with E-state index in [1.165, 1.54) is 18.5 Å². The van der Waals surface area contributed by atoms with E-state index < -0.39 is 0 Å². The van der Waals surface area contributed by atoms with Crippen LogP contribution in [0.2, 0.25) is 0 Å². The van der Waals surface area contributed by atoms with E-state index in [4.69, 9.17) is 0 Å². The molecule has 0 atom stereocenters. The van der Waals surface area contributed by atoms with Crippen LogP contribution in [0.4, 0.5) is 0 Å². The van der Waals surface area contributed by atoms with Gasteiger partial charge in [0.15, 0.2) is 0 Å². The van der Waals surface area contributed by atoms with Crippen LogP contribution in [-0.2, 0) is 12.8 Å². The lowest BCUT2D eigenvalue weighted by atomic mass is 10.3. The molecule has 0 aliphatic heterocycles. The second-order valence-corrected chi connectivity index (χ2v) is 4.58. The Bertz CT molecular complexity index is 679. The minimum absolute atomic E-state index is 0.188. The van der Waals surface area contributed by atoms with Crippen molar-refractivity contribution in [1.82, 2.24) is 25.3 Å². The second kappa shape index (κ2) is 6.74. The Morgan fingerprint density at radius 2 is 2.05 bits per heavy atom. The lowest BCUT2D eigenvalue weighted by Crippen LogP contribution is -2.27. The SMILES string of the molecule is CCc1ncc(C(=O)NCCc2nc(C)cc(=O)[nH]2)cn1. The van der Waals surface area contributed by atoms with Gasteiger partial charge < -0.3 is 10.3 Å². The van der Waals surface area contributed by atoms with Gasteiger partial charge >= 0.3 is 0 Å². The second-order valence-electron chi connectivity index (χ2n) is 4.58. The molecule has 0 aliphatic rings. The maximum Gasteiger partial charge on any atom is 0.254 e. The molecule has 7 nitrogen and oxygen atoms in total. The fraction of sp³-hybridized carbons (Fsp3) is 0.357. The zero-order valence-corrected chi connectivity index (χ0v) is 12.0. The highest BCUT2D eigenvalue weighted by Gasteiger charge is 2.07. The molecule has 0 aromatic carbocycles. The zero-order chi connectivity index (χ0) is 15.2. The van der Waals surface area contributed by atoms with Crippen LogP contribution in [0.25, 0.3) is 0 Å². The van der Waals surface area contributed by atoms with Crippen molar-refractivity contribution in [3.8, 4) is 0 Å². The summed E-state index contributed by atoms with van der Waals surface area (Å²) in [6, 6.07) is 1.43. The summed E-state index contributed by atoms with van der Waals surface area (Å²) in [5.41, 5.74) is 0.883. The van der Waals surface area contributed by atoms with Gasteiger partial charge in [0, 0.05) is 43.5 Å². The van der Waals surface area contributed by atoms with Crippen LogP contribution >= 0.6 is 0 Å². The minimum Gasteiger partial charge on any atom is -0.351 e. The van der Waals surface area contributed by atoms with Gasteiger partial charge in [0.2, 0.25) is 0 Å². The first-order valence-corrected chi connectivity index (χ1v) is 6.74. The molecule has 2 aromatic rings. The fourth-order valence-electron chi connectivity index (χ4n) is 1.81. The van der Waals surface area contributed by atoms with Gasteiger partial charge in [-0.1, -0.05) is 6.92 Å². The van der Waals surface area contributed by atoms with E-state index in [-0.39, 0.29) is 11.5 Å². The van der Waals surface area contributed by atoms with Crippen LogP contribution in [0.3, 0.4) is 0 Å². The average Bonchev–Trinajstić information content (AvgIpc) is 2.46. The Morgan fingerprint density at radius 1 is 1.33 bits per heavy atom. The van der Waals surface area contributed by atoms with Crippen molar-refractivity contribution in [2.24, 2.45) is 0 Å². The summed E-state index contributed by atoms with van der Waals surface area (Å²) in [7, 11) is 0. The third-order valence-electron chi connectivity index (χ3n) is 2.85. The molecule has 0 unspecified atom stereocenters. The molecule has 0 fully saturated rings. The predicted octanol–water partition coefficient (Wildman–Crippen LogP) is 0.403. The summed E-state index contributed by atoms with van der Waals surface area (Å²) < 4.78 is 0. The molecule has 0 saturated carbocycles. The average molecular weight is 287 g/mol. The molecule has 0 radical (unpaired) electrons. The maximum absolute atomic E-state index is 11.9. The van der Waals surface area contributed by atoms with Crippen LogP contribution in [0.15, 0.2) is 23.3 Å².